The molecule has 1 aliphatic heterocycles. The maximum absolute atomic E-state index is 9.42. The zero-order valence-electron chi connectivity index (χ0n) is 7.96. The molecular weight excluding hydrogens is 152 g/mol. The van der Waals surface area contributed by atoms with Crippen molar-refractivity contribution in [2.75, 3.05) is 6.61 Å². The summed E-state index contributed by atoms with van der Waals surface area (Å²) >= 11 is 0. The number of hydrogen-bond donors (Lipinski definition) is 1. The Bertz CT molecular complexity index is 110. The van der Waals surface area contributed by atoms with Crippen molar-refractivity contribution in [1.29, 1.82) is 0 Å². The zero-order chi connectivity index (χ0) is 8.81. The van der Waals surface area contributed by atoms with Crippen LogP contribution < -0.4 is 0 Å². The van der Waals surface area contributed by atoms with Crippen LogP contribution in [0.5, 0.6) is 0 Å². The van der Waals surface area contributed by atoms with Gasteiger partial charge in [-0.3, -0.25) is 0 Å². The van der Waals surface area contributed by atoms with Crippen LogP contribution in [0.2, 0.25) is 0 Å². The van der Waals surface area contributed by atoms with E-state index in [1.165, 1.54) is 25.7 Å². The van der Waals surface area contributed by atoms with Crippen LogP contribution in [-0.2, 0) is 4.74 Å². The SMILES string of the molecule is CCCCCCC[C@H](O)[C@H]1CO1. The van der Waals surface area contributed by atoms with Crippen molar-refractivity contribution in [3.05, 3.63) is 0 Å². The fraction of sp³-hybridized carbons (Fsp3) is 1.00. The number of ether oxygens (including phenoxy) is 1. The predicted molar refractivity (Wildman–Crippen MR) is 49.1 cm³/mol. The van der Waals surface area contributed by atoms with Gasteiger partial charge in [0.25, 0.3) is 0 Å². The molecule has 0 amide bonds. The van der Waals surface area contributed by atoms with Crippen LogP contribution in [-0.4, -0.2) is 23.9 Å². The topological polar surface area (TPSA) is 32.8 Å². The number of hydrogen-bond acceptors (Lipinski definition) is 2. The third kappa shape index (κ3) is 4.07. The van der Waals surface area contributed by atoms with E-state index in [0.29, 0.717) is 0 Å². The third-order valence-electron chi connectivity index (χ3n) is 2.39. The number of aliphatic hydroxyl groups excluding tert-OH is 1. The highest BCUT2D eigenvalue weighted by molar-refractivity contribution is 4.77. The molecule has 1 rings (SSSR count). The van der Waals surface area contributed by atoms with Crippen LogP contribution >= 0.6 is 0 Å². The fourth-order valence-corrected chi connectivity index (χ4v) is 1.42. The van der Waals surface area contributed by atoms with Gasteiger partial charge in [0, 0.05) is 0 Å². The molecule has 2 heteroatoms. The average Bonchev–Trinajstić information content (AvgIpc) is 2.86. The predicted octanol–water partition coefficient (Wildman–Crippen LogP) is 2.11. The molecule has 2 atom stereocenters. The summed E-state index contributed by atoms with van der Waals surface area (Å²) in [5.74, 6) is 0. The van der Waals surface area contributed by atoms with Gasteiger partial charge in [-0.15, -0.1) is 0 Å². The Morgan fingerprint density at radius 1 is 1.33 bits per heavy atom. The van der Waals surface area contributed by atoms with Crippen molar-refractivity contribution in [2.45, 2.75) is 57.7 Å². The molecule has 12 heavy (non-hydrogen) atoms. The van der Waals surface area contributed by atoms with E-state index < -0.39 is 0 Å². The Kier molecular flexibility index (Phi) is 4.62. The average molecular weight is 172 g/mol. The van der Waals surface area contributed by atoms with E-state index in [4.69, 9.17) is 4.74 Å². The molecule has 0 saturated carbocycles. The van der Waals surface area contributed by atoms with Crippen LogP contribution in [0.1, 0.15) is 45.4 Å². The van der Waals surface area contributed by atoms with Crippen molar-refractivity contribution < 1.29 is 9.84 Å². The lowest BCUT2D eigenvalue weighted by Gasteiger charge is -2.05. The Morgan fingerprint density at radius 2 is 2.00 bits per heavy atom. The monoisotopic (exact) mass is 172 g/mol. The van der Waals surface area contributed by atoms with E-state index in [2.05, 4.69) is 6.92 Å². The molecule has 0 aromatic heterocycles. The maximum Gasteiger partial charge on any atom is 0.107 e. The number of aliphatic hydroxyl groups is 1. The van der Waals surface area contributed by atoms with Gasteiger partial charge in [-0.1, -0.05) is 39.0 Å². The van der Waals surface area contributed by atoms with Crippen molar-refractivity contribution in [2.24, 2.45) is 0 Å². The summed E-state index contributed by atoms with van der Waals surface area (Å²) in [6.45, 7) is 2.99. The Morgan fingerprint density at radius 3 is 2.58 bits per heavy atom. The van der Waals surface area contributed by atoms with Gasteiger partial charge in [0.1, 0.15) is 6.10 Å². The van der Waals surface area contributed by atoms with Crippen LogP contribution in [0.25, 0.3) is 0 Å². The molecule has 1 fully saturated rings. The van der Waals surface area contributed by atoms with E-state index in [0.717, 1.165) is 19.4 Å². The largest absolute Gasteiger partial charge is 0.390 e. The lowest BCUT2D eigenvalue weighted by atomic mass is 10.1. The highest BCUT2D eigenvalue weighted by Crippen LogP contribution is 2.18. The first kappa shape index (κ1) is 10.0. The molecule has 1 heterocycles. The first-order valence-electron chi connectivity index (χ1n) is 5.14. The molecule has 72 valence electrons. The number of unbranched alkanes of at least 4 members (excludes halogenated alkanes) is 4. The van der Waals surface area contributed by atoms with Crippen molar-refractivity contribution in [3.8, 4) is 0 Å². The van der Waals surface area contributed by atoms with Gasteiger partial charge in [0.15, 0.2) is 0 Å². The van der Waals surface area contributed by atoms with Gasteiger partial charge in [0.2, 0.25) is 0 Å². The Labute approximate surface area is 74.9 Å². The van der Waals surface area contributed by atoms with E-state index in [1.807, 2.05) is 0 Å². The third-order valence-corrected chi connectivity index (χ3v) is 2.39. The fourth-order valence-electron chi connectivity index (χ4n) is 1.42. The van der Waals surface area contributed by atoms with Crippen LogP contribution in [0.4, 0.5) is 0 Å². The Balaban J connectivity index is 1.81. The lowest BCUT2D eigenvalue weighted by molar-refractivity contribution is 0.123. The summed E-state index contributed by atoms with van der Waals surface area (Å²) in [6, 6.07) is 0. The van der Waals surface area contributed by atoms with Gasteiger partial charge in [-0.2, -0.15) is 0 Å². The molecule has 0 radical (unpaired) electrons. The minimum atomic E-state index is -0.188. The standard InChI is InChI=1S/C10H20O2/c1-2-3-4-5-6-7-9(11)10-8-12-10/h9-11H,2-8H2,1H3/t9-,10+/m0/s1. The minimum Gasteiger partial charge on any atom is -0.390 e. The Hall–Kier alpha value is -0.0800. The minimum absolute atomic E-state index is 0.177. The van der Waals surface area contributed by atoms with Crippen molar-refractivity contribution >= 4 is 0 Å². The summed E-state index contributed by atoms with van der Waals surface area (Å²) in [5, 5.41) is 9.42. The summed E-state index contributed by atoms with van der Waals surface area (Å²) in [5.41, 5.74) is 0. The molecular formula is C10H20O2. The van der Waals surface area contributed by atoms with E-state index >= 15 is 0 Å². The molecule has 2 nitrogen and oxygen atoms in total. The van der Waals surface area contributed by atoms with E-state index in [1.54, 1.807) is 0 Å². The summed E-state index contributed by atoms with van der Waals surface area (Å²) < 4.78 is 5.00. The summed E-state index contributed by atoms with van der Waals surface area (Å²) in [7, 11) is 0. The molecule has 0 unspecified atom stereocenters. The zero-order valence-corrected chi connectivity index (χ0v) is 7.96. The molecule has 0 bridgehead atoms. The molecule has 0 aromatic rings. The van der Waals surface area contributed by atoms with Gasteiger partial charge < -0.3 is 9.84 Å². The van der Waals surface area contributed by atoms with E-state index in [9.17, 15) is 5.11 Å². The quantitative estimate of drug-likeness (QED) is 0.471. The molecule has 0 aromatic carbocycles. The molecule has 1 saturated heterocycles. The van der Waals surface area contributed by atoms with Crippen molar-refractivity contribution in [3.63, 3.8) is 0 Å². The van der Waals surface area contributed by atoms with Crippen molar-refractivity contribution in [1.82, 2.24) is 0 Å². The van der Waals surface area contributed by atoms with Crippen LogP contribution in [0.3, 0.4) is 0 Å². The lowest BCUT2D eigenvalue weighted by Crippen LogP contribution is -2.13. The normalized spacial score (nSPS) is 24.0. The maximum atomic E-state index is 9.42. The first-order chi connectivity index (χ1) is 5.84. The van der Waals surface area contributed by atoms with Crippen LogP contribution in [0.15, 0.2) is 0 Å². The second-order valence-electron chi connectivity index (χ2n) is 3.64. The highest BCUT2D eigenvalue weighted by atomic mass is 16.6. The second-order valence-corrected chi connectivity index (χ2v) is 3.64. The number of epoxide rings is 1. The smallest absolute Gasteiger partial charge is 0.107 e. The second kappa shape index (κ2) is 5.55. The van der Waals surface area contributed by atoms with Gasteiger partial charge in [-0.05, 0) is 6.42 Å². The van der Waals surface area contributed by atoms with Crippen LogP contribution in [0, 0.1) is 0 Å². The van der Waals surface area contributed by atoms with Gasteiger partial charge in [-0.25, -0.2) is 0 Å². The summed E-state index contributed by atoms with van der Waals surface area (Å²) in [6.07, 6.45) is 7.26. The van der Waals surface area contributed by atoms with Gasteiger partial charge in [0.05, 0.1) is 12.7 Å². The molecule has 0 spiro atoms. The van der Waals surface area contributed by atoms with E-state index in [-0.39, 0.29) is 12.2 Å². The molecule has 1 aliphatic rings. The molecule has 1 N–H and O–H groups in total. The highest BCUT2D eigenvalue weighted by Gasteiger charge is 2.30. The summed E-state index contributed by atoms with van der Waals surface area (Å²) in [4.78, 5) is 0. The van der Waals surface area contributed by atoms with Gasteiger partial charge >= 0.3 is 0 Å². The number of rotatable bonds is 7. The first-order valence-corrected chi connectivity index (χ1v) is 5.14. The molecule has 0 aliphatic carbocycles.